The number of nitrogens with one attached hydrogen (secondary N) is 1. The molecule has 1 fully saturated rings. The molecule has 1 saturated carbocycles. The van der Waals surface area contributed by atoms with Gasteiger partial charge in [0.25, 0.3) is 0 Å². The van der Waals surface area contributed by atoms with Crippen molar-refractivity contribution in [1.82, 2.24) is 5.32 Å². The molecule has 0 aliphatic heterocycles. The minimum absolute atomic E-state index is 0.0758. The van der Waals surface area contributed by atoms with Gasteiger partial charge in [-0.1, -0.05) is 12.1 Å². The van der Waals surface area contributed by atoms with Gasteiger partial charge in [-0.3, -0.25) is 4.79 Å². The molecule has 0 radical (unpaired) electrons. The lowest BCUT2D eigenvalue weighted by atomic mass is 9.98. The number of rotatable bonds is 7. The predicted molar refractivity (Wildman–Crippen MR) is 75.0 cm³/mol. The monoisotopic (exact) mass is 262 g/mol. The minimum Gasteiger partial charge on any atom is -0.494 e. The molecule has 0 bridgehead atoms. The molecule has 1 amide bonds. The first-order chi connectivity index (χ1) is 9.22. The van der Waals surface area contributed by atoms with Crippen molar-refractivity contribution >= 4 is 5.91 Å². The fourth-order valence-corrected chi connectivity index (χ4v) is 2.04. The van der Waals surface area contributed by atoms with Gasteiger partial charge in [0.05, 0.1) is 12.5 Å². The van der Waals surface area contributed by atoms with E-state index >= 15 is 0 Å². The van der Waals surface area contributed by atoms with E-state index in [-0.39, 0.29) is 11.8 Å². The molecule has 4 heteroatoms. The van der Waals surface area contributed by atoms with Crippen molar-refractivity contribution < 1.29 is 9.53 Å². The molecular formula is C15H22N2O2. The summed E-state index contributed by atoms with van der Waals surface area (Å²) in [6, 6.07) is 8.25. The van der Waals surface area contributed by atoms with Gasteiger partial charge < -0.3 is 15.8 Å². The van der Waals surface area contributed by atoms with Crippen molar-refractivity contribution in [2.75, 3.05) is 13.2 Å². The van der Waals surface area contributed by atoms with E-state index in [9.17, 15) is 4.79 Å². The van der Waals surface area contributed by atoms with Crippen molar-refractivity contribution in [3.63, 3.8) is 0 Å². The van der Waals surface area contributed by atoms with Crippen LogP contribution in [0.15, 0.2) is 24.3 Å². The first-order valence-corrected chi connectivity index (χ1v) is 6.95. The van der Waals surface area contributed by atoms with E-state index in [4.69, 9.17) is 10.5 Å². The highest BCUT2D eigenvalue weighted by atomic mass is 16.5. The number of carbonyl (C=O) groups is 1. The Morgan fingerprint density at radius 2 is 2.32 bits per heavy atom. The zero-order valence-electron chi connectivity index (χ0n) is 11.4. The highest BCUT2D eigenvalue weighted by Gasteiger charge is 2.26. The van der Waals surface area contributed by atoms with E-state index in [1.165, 1.54) is 0 Å². The fraction of sp³-hybridized carbons (Fsp3) is 0.533. The summed E-state index contributed by atoms with van der Waals surface area (Å²) >= 11 is 0. The minimum atomic E-state index is -0.155. The van der Waals surface area contributed by atoms with E-state index in [1.54, 1.807) is 0 Å². The van der Waals surface area contributed by atoms with Gasteiger partial charge >= 0.3 is 0 Å². The summed E-state index contributed by atoms with van der Waals surface area (Å²) in [6.45, 7) is 2.97. The third-order valence-electron chi connectivity index (χ3n) is 3.27. The number of amides is 1. The lowest BCUT2D eigenvalue weighted by Crippen LogP contribution is -2.37. The summed E-state index contributed by atoms with van der Waals surface area (Å²) < 4.78 is 5.46. The zero-order chi connectivity index (χ0) is 13.7. The molecule has 1 aliphatic carbocycles. The van der Waals surface area contributed by atoms with E-state index < -0.39 is 0 Å². The largest absolute Gasteiger partial charge is 0.494 e. The summed E-state index contributed by atoms with van der Waals surface area (Å²) in [4.78, 5) is 12.0. The Morgan fingerprint density at radius 3 is 2.95 bits per heavy atom. The highest BCUT2D eigenvalue weighted by molar-refractivity contribution is 5.79. The zero-order valence-corrected chi connectivity index (χ0v) is 11.4. The standard InChI is InChI=1S/C15H22N2O2/c1-2-19-14-5-3-4-11(9-14)8-12(10-16)15(18)17-13-6-7-13/h3-5,9,12-13H,2,6-8,10,16H2,1H3,(H,17,18). The number of nitrogens with two attached hydrogens (primary N) is 1. The van der Waals surface area contributed by atoms with E-state index in [0.29, 0.717) is 25.6 Å². The molecule has 0 saturated heterocycles. The third-order valence-corrected chi connectivity index (χ3v) is 3.27. The summed E-state index contributed by atoms with van der Waals surface area (Å²) in [7, 11) is 0. The van der Waals surface area contributed by atoms with Crippen LogP contribution in [0.3, 0.4) is 0 Å². The molecule has 1 atom stereocenters. The second-order valence-corrected chi connectivity index (χ2v) is 5.00. The van der Waals surface area contributed by atoms with Crippen LogP contribution in [0.2, 0.25) is 0 Å². The van der Waals surface area contributed by atoms with Crippen LogP contribution in [0.4, 0.5) is 0 Å². The molecule has 2 rings (SSSR count). The first kappa shape index (κ1) is 13.9. The van der Waals surface area contributed by atoms with Crippen molar-refractivity contribution in [3.05, 3.63) is 29.8 Å². The molecule has 1 unspecified atom stereocenters. The molecule has 3 N–H and O–H groups in total. The Kier molecular flexibility index (Phi) is 4.80. The molecule has 0 spiro atoms. The van der Waals surface area contributed by atoms with Gasteiger partial charge in [-0.2, -0.15) is 0 Å². The Labute approximate surface area is 114 Å². The van der Waals surface area contributed by atoms with E-state index in [1.807, 2.05) is 31.2 Å². The number of benzene rings is 1. The van der Waals surface area contributed by atoms with Crippen molar-refractivity contribution in [2.24, 2.45) is 11.7 Å². The summed E-state index contributed by atoms with van der Waals surface area (Å²) in [5, 5.41) is 3.01. The van der Waals surface area contributed by atoms with Gasteiger partial charge in [0.1, 0.15) is 5.75 Å². The van der Waals surface area contributed by atoms with Crippen LogP contribution in [0.5, 0.6) is 5.75 Å². The molecule has 1 aliphatic rings. The Morgan fingerprint density at radius 1 is 1.53 bits per heavy atom. The molecule has 0 heterocycles. The maximum Gasteiger partial charge on any atom is 0.224 e. The van der Waals surface area contributed by atoms with Gasteiger partial charge in [-0.25, -0.2) is 0 Å². The van der Waals surface area contributed by atoms with Gasteiger partial charge in [-0.05, 0) is 43.9 Å². The number of hydrogen-bond acceptors (Lipinski definition) is 3. The van der Waals surface area contributed by atoms with Crippen LogP contribution in [0.25, 0.3) is 0 Å². The van der Waals surface area contributed by atoms with Crippen LogP contribution >= 0.6 is 0 Å². The van der Waals surface area contributed by atoms with Crippen LogP contribution < -0.4 is 15.8 Å². The van der Waals surface area contributed by atoms with Crippen molar-refractivity contribution in [2.45, 2.75) is 32.2 Å². The Hall–Kier alpha value is -1.55. The molecule has 4 nitrogen and oxygen atoms in total. The van der Waals surface area contributed by atoms with Gasteiger partial charge in [0, 0.05) is 12.6 Å². The first-order valence-electron chi connectivity index (χ1n) is 6.95. The average molecular weight is 262 g/mol. The molecule has 1 aromatic rings. The van der Waals surface area contributed by atoms with Crippen LogP contribution in [0.1, 0.15) is 25.3 Å². The smallest absolute Gasteiger partial charge is 0.224 e. The third kappa shape index (κ3) is 4.24. The normalized spacial score (nSPS) is 15.9. The lowest BCUT2D eigenvalue weighted by molar-refractivity contribution is -0.124. The van der Waals surface area contributed by atoms with Crippen molar-refractivity contribution in [1.29, 1.82) is 0 Å². The second kappa shape index (κ2) is 6.57. The fourth-order valence-electron chi connectivity index (χ4n) is 2.04. The number of hydrogen-bond donors (Lipinski definition) is 2. The van der Waals surface area contributed by atoms with Crippen LogP contribution in [0, 0.1) is 5.92 Å². The Balaban J connectivity index is 1.96. The molecule has 0 aromatic heterocycles. The molecule has 104 valence electrons. The van der Waals surface area contributed by atoms with Crippen molar-refractivity contribution in [3.8, 4) is 5.75 Å². The van der Waals surface area contributed by atoms with Gasteiger partial charge in [-0.15, -0.1) is 0 Å². The summed E-state index contributed by atoms with van der Waals surface area (Å²) in [6.07, 6.45) is 2.86. The molecule has 19 heavy (non-hydrogen) atoms. The highest BCUT2D eigenvalue weighted by Crippen LogP contribution is 2.20. The van der Waals surface area contributed by atoms with Crippen LogP contribution in [-0.4, -0.2) is 25.1 Å². The Bertz CT molecular complexity index is 430. The average Bonchev–Trinajstić information content (AvgIpc) is 3.20. The van der Waals surface area contributed by atoms with E-state index in [0.717, 1.165) is 24.2 Å². The van der Waals surface area contributed by atoms with Gasteiger partial charge in [0.15, 0.2) is 0 Å². The second-order valence-electron chi connectivity index (χ2n) is 5.00. The quantitative estimate of drug-likeness (QED) is 0.782. The molecule has 1 aromatic carbocycles. The number of ether oxygens (including phenoxy) is 1. The topological polar surface area (TPSA) is 64.3 Å². The maximum atomic E-state index is 12.0. The number of carbonyl (C=O) groups excluding carboxylic acids is 1. The summed E-state index contributed by atoms with van der Waals surface area (Å²) in [5.74, 6) is 0.766. The van der Waals surface area contributed by atoms with E-state index in [2.05, 4.69) is 5.32 Å². The van der Waals surface area contributed by atoms with Crippen LogP contribution in [-0.2, 0) is 11.2 Å². The summed E-state index contributed by atoms with van der Waals surface area (Å²) in [5.41, 5.74) is 6.81. The maximum absolute atomic E-state index is 12.0. The van der Waals surface area contributed by atoms with Gasteiger partial charge in [0.2, 0.25) is 5.91 Å². The predicted octanol–water partition coefficient (Wildman–Crippen LogP) is 1.48. The molecular weight excluding hydrogens is 240 g/mol. The SMILES string of the molecule is CCOc1cccc(CC(CN)C(=O)NC2CC2)c1. The lowest BCUT2D eigenvalue weighted by Gasteiger charge is -2.15.